The first-order chi connectivity index (χ1) is 6.16. The van der Waals surface area contributed by atoms with Crippen LogP contribution in [0, 0.1) is 0 Å². The number of aliphatic hydroxyl groups excluding tert-OH is 3. The number of hydrogen-bond acceptors (Lipinski definition) is 5. The van der Waals surface area contributed by atoms with Gasteiger partial charge in [-0.25, -0.2) is 0 Å². The van der Waals surface area contributed by atoms with E-state index in [1.807, 2.05) is 0 Å². The van der Waals surface area contributed by atoms with Gasteiger partial charge in [-0.2, -0.15) is 0 Å². The lowest BCUT2D eigenvalue weighted by molar-refractivity contribution is -0.136. The first-order valence-corrected chi connectivity index (χ1v) is 4.05. The van der Waals surface area contributed by atoms with E-state index in [4.69, 9.17) is 19.7 Å². The molecule has 0 bridgehead atoms. The largest absolute Gasteiger partial charge is 0.387 e. The summed E-state index contributed by atoms with van der Waals surface area (Å²) in [5, 5.41) is 27.4. The van der Waals surface area contributed by atoms with E-state index in [0.29, 0.717) is 6.61 Å². The van der Waals surface area contributed by atoms with Crippen molar-refractivity contribution in [3.05, 3.63) is 12.7 Å². The van der Waals surface area contributed by atoms with Crippen molar-refractivity contribution >= 4 is 0 Å². The molecule has 1 fully saturated rings. The Morgan fingerprint density at radius 1 is 1.31 bits per heavy atom. The van der Waals surface area contributed by atoms with E-state index < -0.39 is 24.6 Å². The molecule has 13 heavy (non-hydrogen) atoms. The molecule has 3 N–H and O–H groups in total. The van der Waals surface area contributed by atoms with E-state index in [9.17, 15) is 5.11 Å². The Morgan fingerprint density at radius 2 is 2.00 bits per heavy atom. The number of ether oxygens (including phenoxy) is 2. The van der Waals surface area contributed by atoms with Crippen LogP contribution in [0.25, 0.3) is 0 Å². The average Bonchev–Trinajstić information content (AvgIpc) is 2.34. The second-order valence-corrected chi connectivity index (χ2v) is 2.87. The Labute approximate surface area is 76.2 Å². The molecule has 1 unspecified atom stereocenters. The fraction of sp³-hybridized carbons (Fsp3) is 0.750. The second kappa shape index (κ2) is 4.69. The molecule has 1 aliphatic rings. The van der Waals surface area contributed by atoms with Crippen LogP contribution in [0.15, 0.2) is 12.7 Å². The lowest BCUT2D eigenvalue weighted by Gasteiger charge is -2.13. The SMILES string of the molecule is C=CCOC[C@H]1OC(O)[C@H](O)[C@@H]1O. The minimum atomic E-state index is -1.33. The third-order valence-corrected chi connectivity index (χ3v) is 1.86. The lowest BCUT2D eigenvalue weighted by atomic mass is 10.1. The maximum absolute atomic E-state index is 9.29. The molecule has 5 nitrogen and oxygen atoms in total. The van der Waals surface area contributed by atoms with Crippen LogP contribution in [-0.4, -0.2) is 53.1 Å². The van der Waals surface area contributed by atoms with Gasteiger partial charge in [-0.1, -0.05) is 6.08 Å². The predicted molar refractivity (Wildman–Crippen MR) is 43.9 cm³/mol. The molecule has 1 saturated heterocycles. The monoisotopic (exact) mass is 190 g/mol. The molecule has 0 amide bonds. The second-order valence-electron chi connectivity index (χ2n) is 2.87. The molecule has 0 spiro atoms. The zero-order valence-electron chi connectivity index (χ0n) is 7.17. The number of hydrogen-bond donors (Lipinski definition) is 3. The summed E-state index contributed by atoms with van der Waals surface area (Å²) >= 11 is 0. The van der Waals surface area contributed by atoms with E-state index in [1.54, 1.807) is 6.08 Å². The normalized spacial score (nSPS) is 39.3. The summed E-state index contributed by atoms with van der Waals surface area (Å²) in [6, 6.07) is 0. The summed E-state index contributed by atoms with van der Waals surface area (Å²) in [6.07, 6.45) is -2.79. The third kappa shape index (κ3) is 2.49. The van der Waals surface area contributed by atoms with Crippen LogP contribution in [0.5, 0.6) is 0 Å². The van der Waals surface area contributed by atoms with E-state index >= 15 is 0 Å². The number of rotatable bonds is 4. The summed E-state index contributed by atoms with van der Waals surface area (Å²) in [7, 11) is 0. The quantitative estimate of drug-likeness (QED) is 0.376. The zero-order chi connectivity index (χ0) is 9.84. The van der Waals surface area contributed by atoms with Gasteiger partial charge in [-0.3, -0.25) is 0 Å². The topological polar surface area (TPSA) is 79.2 Å². The zero-order valence-corrected chi connectivity index (χ0v) is 7.17. The standard InChI is InChI=1S/C8H14O5/c1-2-3-12-4-5-6(9)7(10)8(11)13-5/h2,5-11H,1,3-4H2/t5-,6-,7-,8?/m1/s1. The van der Waals surface area contributed by atoms with Crippen LogP contribution in [-0.2, 0) is 9.47 Å². The van der Waals surface area contributed by atoms with Gasteiger partial charge in [0.25, 0.3) is 0 Å². The Morgan fingerprint density at radius 3 is 2.46 bits per heavy atom. The Hall–Kier alpha value is -0.460. The highest BCUT2D eigenvalue weighted by atomic mass is 16.7. The van der Waals surface area contributed by atoms with Crippen LogP contribution >= 0.6 is 0 Å². The lowest BCUT2D eigenvalue weighted by Crippen LogP contribution is -2.34. The first-order valence-electron chi connectivity index (χ1n) is 4.05. The molecule has 0 aliphatic carbocycles. The van der Waals surface area contributed by atoms with E-state index in [-0.39, 0.29) is 6.61 Å². The highest BCUT2D eigenvalue weighted by Crippen LogP contribution is 2.19. The molecule has 76 valence electrons. The van der Waals surface area contributed by atoms with Gasteiger partial charge >= 0.3 is 0 Å². The molecular formula is C8H14O5. The maximum Gasteiger partial charge on any atom is 0.184 e. The Kier molecular flexibility index (Phi) is 3.83. The van der Waals surface area contributed by atoms with Crippen molar-refractivity contribution in [2.45, 2.75) is 24.6 Å². The van der Waals surface area contributed by atoms with Crippen LogP contribution in [0.2, 0.25) is 0 Å². The molecule has 1 heterocycles. The average molecular weight is 190 g/mol. The minimum absolute atomic E-state index is 0.126. The van der Waals surface area contributed by atoms with Crippen LogP contribution in [0.4, 0.5) is 0 Å². The van der Waals surface area contributed by atoms with E-state index in [1.165, 1.54) is 0 Å². The van der Waals surface area contributed by atoms with Gasteiger partial charge in [0.2, 0.25) is 0 Å². The van der Waals surface area contributed by atoms with Crippen molar-refractivity contribution in [1.29, 1.82) is 0 Å². The fourth-order valence-electron chi connectivity index (χ4n) is 1.13. The maximum atomic E-state index is 9.29. The highest BCUT2D eigenvalue weighted by Gasteiger charge is 2.41. The summed E-state index contributed by atoms with van der Waals surface area (Å²) in [5.41, 5.74) is 0. The fourth-order valence-corrected chi connectivity index (χ4v) is 1.13. The van der Waals surface area contributed by atoms with Gasteiger partial charge in [-0.15, -0.1) is 6.58 Å². The molecule has 1 rings (SSSR count). The molecular weight excluding hydrogens is 176 g/mol. The van der Waals surface area contributed by atoms with Crippen molar-refractivity contribution in [2.75, 3.05) is 13.2 Å². The minimum Gasteiger partial charge on any atom is -0.387 e. The summed E-state index contributed by atoms with van der Waals surface area (Å²) < 4.78 is 9.84. The predicted octanol–water partition coefficient (Wildman–Crippen LogP) is -1.37. The number of aliphatic hydroxyl groups is 3. The Bertz CT molecular complexity index is 172. The highest BCUT2D eigenvalue weighted by molar-refractivity contribution is 4.85. The first kappa shape index (κ1) is 10.6. The van der Waals surface area contributed by atoms with Gasteiger partial charge in [0, 0.05) is 0 Å². The smallest absolute Gasteiger partial charge is 0.184 e. The van der Waals surface area contributed by atoms with Crippen LogP contribution in [0.1, 0.15) is 0 Å². The van der Waals surface area contributed by atoms with Crippen LogP contribution < -0.4 is 0 Å². The van der Waals surface area contributed by atoms with Crippen LogP contribution in [0.3, 0.4) is 0 Å². The summed E-state index contributed by atoms with van der Waals surface area (Å²) in [6.45, 7) is 3.92. The van der Waals surface area contributed by atoms with Gasteiger partial charge in [0.05, 0.1) is 13.2 Å². The van der Waals surface area contributed by atoms with Gasteiger partial charge in [0.15, 0.2) is 6.29 Å². The van der Waals surface area contributed by atoms with Gasteiger partial charge in [0.1, 0.15) is 18.3 Å². The van der Waals surface area contributed by atoms with E-state index in [2.05, 4.69) is 6.58 Å². The van der Waals surface area contributed by atoms with Crippen molar-refractivity contribution in [3.63, 3.8) is 0 Å². The molecule has 0 radical (unpaired) electrons. The van der Waals surface area contributed by atoms with Gasteiger partial charge in [-0.05, 0) is 0 Å². The molecule has 4 atom stereocenters. The molecule has 0 aromatic rings. The van der Waals surface area contributed by atoms with E-state index in [0.717, 1.165) is 0 Å². The van der Waals surface area contributed by atoms with Gasteiger partial charge < -0.3 is 24.8 Å². The molecule has 0 saturated carbocycles. The van der Waals surface area contributed by atoms with Crippen molar-refractivity contribution in [1.82, 2.24) is 0 Å². The van der Waals surface area contributed by atoms with Crippen molar-refractivity contribution in [3.8, 4) is 0 Å². The molecule has 1 aliphatic heterocycles. The Balaban J connectivity index is 2.31. The molecule has 0 aromatic carbocycles. The summed E-state index contributed by atoms with van der Waals surface area (Å²) in [4.78, 5) is 0. The van der Waals surface area contributed by atoms with Crippen molar-refractivity contribution in [2.24, 2.45) is 0 Å². The molecule has 0 aromatic heterocycles. The third-order valence-electron chi connectivity index (χ3n) is 1.86. The molecule has 5 heteroatoms. The summed E-state index contributed by atoms with van der Waals surface area (Å²) in [5.74, 6) is 0. The van der Waals surface area contributed by atoms with Crippen molar-refractivity contribution < 1.29 is 24.8 Å².